The van der Waals surface area contributed by atoms with E-state index in [0.29, 0.717) is 0 Å². The molecule has 8 aromatic rings. The third kappa shape index (κ3) is 3.47. The van der Waals surface area contributed by atoms with Gasteiger partial charge >= 0.3 is 0 Å². The topological polar surface area (TPSA) is 16.4 Å². The molecule has 0 unspecified atom stereocenters. The molecule has 2 aliphatic carbocycles. The largest absolute Gasteiger partial charge is 0.454 e. The van der Waals surface area contributed by atoms with Crippen molar-refractivity contribution in [3.05, 3.63) is 197 Å². The van der Waals surface area contributed by atoms with Crippen molar-refractivity contribution < 1.29 is 4.42 Å². The summed E-state index contributed by atoms with van der Waals surface area (Å²) < 4.78 is 6.60. The van der Waals surface area contributed by atoms with Crippen molar-refractivity contribution in [1.82, 2.24) is 0 Å². The molecular formula is C46H33NO. The number of rotatable bonds is 3. The molecule has 2 aliphatic rings. The first-order valence-electron chi connectivity index (χ1n) is 16.8. The van der Waals surface area contributed by atoms with Crippen molar-refractivity contribution in [3.8, 4) is 11.1 Å². The highest BCUT2D eigenvalue weighted by Gasteiger charge is 2.53. The molecule has 0 fully saturated rings. The number of fused-ring (bicyclic) bond motifs is 12. The van der Waals surface area contributed by atoms with Crippen LogP contribution in [0.3, 0.4) is 0 Å². The van der Waals surface area contributed by atoms with E-state index in [9.17, 15) is 0 Å². The Morgan fingerprint density at radius 1 is 0.438 bits per heavy atom. The Labute approximate surface area is 280 Å². The van der Waals surface area contributed by atoms with Gasteiger partial charge in [0.25, 0.3) is 0 Å². The second-order valence-corrected chi connectivity index (χ2v) is 13.7. The zero-order valence-electron chi connectivity index (χ0n) is 26.9. The summed E-state index contributed by atoms with van der Waals surface area (Å²) in [5.74, 6) is 0. The van der Waals surface area contributed by atoms with E-state index in [0.717, 1.165) is 39.0 Å². The van der Waals surface area contributed by atoms with E-state index >= 15 is 0 Å². The maximum atomic E-state index is 6.60. The van der Waals surface area contributed by atoms with Crippen LogP contribution in [0.25, 0.3) is 33.1 Å². The van der Waals surface area contributed by atoms with E-state index in [4.69, 9.17) is 4.42 Å². The fourth-order valence-corrected chi connectivity index (χ4v) is 8.90. The first-order valence-corrected chi connectivity index (χ1v) is 16.8. The number of hydrogen-bond acceptors (Lipinski definition) is 2. The summed E-state index contributed by atoms with van der Waals surface area (Å²) in [6, 6.07) is 59.8. The molecule has 0 bridgehead atoms. The van der Waals surface area contributed by atoms with E-state index in [2.05, 4.69) is 176 Å². The van der Waals surface area contributed by atoms with Gasteiger partial charge in [0.05, 0.1) is 11.1 Å². The third-order valence-corrected chi connectivity index (χ3v) is 10.9. The van der Waals surface area contributed by atoms with Crippen LogP contribution in [0, 0.1) is 0 Å². The summed E-state index contributed by atoms with van der Waals surface area (Å²) >= 11 is 0. The fraction of sp³-hybridized carbons (Fsp3) is 0.0870. The lowest BCUT2D eigenvalue weighted by Gasteiger charge is -2.46. The molecule has 10 rings (SSSR count). The Hall–Kier alpha value is -5.86. The summed E-state index contributed by atoms with van der Waals surface area (Å²) in [6.45, 7) is 4.75. The van der Waals surface area contributed by atoms with E-state index in [-0.39, 0.29) is 5.41 Å². The first-order chi connectivity index (χ1) is 23.6. The zero-order chi connectivity index (χ0) is 32.0. The zero-order valence-corrected chi connectivity index (χ0v) is 26.9. The highest BCUT2D eigenvalue weighted by molar-refractivity contribution is 6.10. The Morgan fingerprint density at radius 3 is 1.77 bits per heavy atom. The lowest BCUT2D eigenvalue weighted by molar-refractivity contribution is 0.563. The van der Waals surface area contributed by atoms with Gasteiger partial charge in [0, 0.05) is 27.6 Å². The van der Waals surface area contributed by atoms with Crippen LogP contribution in [0.1, 0.15) is 47.2 Å². The van der Waals surface area contributed by atoms with E-state index < -0.39 is 5.41 Å². The number of para-hydroxylation sites is 3. The molecular weight excluding hydrogens is 583 g/mol. The Morgan fingerprint density at radius 2 is 1.02 bits per heavy atom. The van der Waals surface area contributed by atoms with Gasteiger partial charge in [-0.1, -0.05) is 141 Å². The van der Waals surface area contributed by atoms with Crippen LogP contribution in [-0.4, -0.2) is 0 Å². The first kappa shape index (κ1) is 27.3. The Kier molecular flexibility index (Phi) is 5.58. The third-order valence-electron chi connectivity index (χ3n) is 10.9. The van der Waals surface area contributed by atoms with Crippen LogP contribution >= 0.6 is 0 Å². The van der Waals surface area contributed by atoms with Crippen LogP contribution in [-0.2, 0) is 10.8 Å². The van der Waals surface area contributed by atoms with Crippen molar-refractivity contribution in [2.24, 2.45) is 0 Å². The molecule has 48 heavy (non-hydrogen) atoms. The van der Waals surface area contributed by atoms with Crippen LogP contribution < -0.4 is 4.90 Å². The predicted octanol–water partition coefficient (Wildman–Crippen LogP) is 12.1. The Bertz CT molecular complexity index is 2500. The molecule has 228 valence electrons. The summed E-state index contributed by atoms with van der Waals surface area (Å²) in [5, 5.41) is 2.25. The minimum absolute atomic E-state index is 0.120. The molecule has 0 radical (unpaired) electrons. The number of benzene rings is 7. The van der Waals surface area contributed by atoms with E-state index in [1.165, 1.54) is 44.5 Å². The molecule has 1 aromatic heterocycles. The predicted molar refractivity (Wildman–Crippen MR) is 198 cm³/mol. The highest BCUT2D eigenvalue weighted by atomic mass is 16.3. The van der Waals surface area contributed by atoms with Gasteiger partial charge in [-0.15, -0.1) is 0 Å². The maximum absolute atomic E-state index is 6.60. The summed E-state index contributed by atoms with van der Waals surface area (Å²) in [6.07, 6.45) is 0. The van der Waals surface area contributed by atoms with Gasteiger partial charge in [-0.05, 0) is 80.9 Å². The maximum Gasteiger partial charge on any atom is 0.159 e. The molecule has 7 aromatic carbocycles. The lowest BCUT2D eigenvalue weighted by atomic mass is 9.55. The van der Waals surface area contributed by atoms with Gasteiger partial charge in [0.2, 0.25) is 0 Å². The minimum atomic E-state index is -0.413. The van der Waals surface area contributed by atoms with Crippen LogP contribution in [0.5, 0.6) is 0 Å². The van der Waals surface area contributed by atoms with Crippen molar-refractivity contribution in [1.29, 1.82) is 0 Å². The SMILES string of the molecule is CC1(C)c2ccccc2C2(c3ccccc3-c3cc(N(c4ccccc4)c4cccc5c4oc4ccccc45)ccc32)c2ccccc21. The quantitative estimate of drug-likeness (QED) is 0.197. The van der Waals surface area contributed by atoms with E-state index in [1.807, 2.05) is 6.07 Å². The normalized spacial score (nSPS) is 14.8. The van der Waals surface area contributed by atoms with Gasteiger partial charge in [-0.2, -0.15) is 0 Å². The lowest BCUT2D eigenvalue weighted by Crippen LogP contribution is -2.40. The van der Waals surface area contributed by atoms with Crippen molar-refractivity contribution in [2.45, 2.75) is 24.7 Å². The average Bonchev–Trinajstić information content (AvgIpc) is 3.66. The molecule has 0 saturated heterocycles. The molecule has 0 aliphatic heterocycles. The molecule has 1 spiro atoms. The molecule has 0 N–H and O–H groups in total. The van der Waals surface area contributed by atoms with Crippen LogP contribution in [0.4, 0.5) is 17.1 Å². The van der Waals surface area contributed by atoms with Crippen molar-refractivity contribution in [2.75, 3.05) is 4.90 Å². The second kappa shape index (κ2) is 9.82. The monoisotopic (exact) mass is 615 g/mol. The smallest absolute Gasteiger partial charge is 0.159 e. The standard InChI is InChI=1S/C46H33NO/c1-45(2)38-21-9-11-23-40(38)46(41-24-12-10-22-39(41)45)36-20-8-6-17-32(36)35-29-31(27-28-37(35)46)47(30-15-4-3-5-16-30)42-25-14-19-34-33-18-7-13-26-43(33)48-44(34)42/h3-29H,1-2H3. The Balaban J connectivity index is 1.27. The number of nitrogens with zero attached hydrogens (tertiary/aromatic N) is 1. The number of hydrogen-bond donors (Lipinski definition) is 0. The minimum Gasteiger partial charge on any atom is -0.454 e. The summed E-state index contributed by atoms with van der Waals surface area (Å²) in [4.78, 5) is 2.35. The fourth-order valence-electron chi connectivity index (χ4n) is 8.90. The van der Waals surface area contributed by atoms with Gasteiger partial charge < -0.3 is 9.32 Å². The summed E-state index contributed by atoms with van der Waals surface area (Å²) in [5.41, 5.74) is 15.2. The van der Waals surface area contributed by atoms with Gasteiger partial charge in [0.1, 0.15) is 5.58 Å². The van der Waals surface area contributed by atoms with Crippen molar-refractivity contribution in [3.63, 3.8) is 0 Å². The molecule has 2 nitrogen and oxygen atoms in total. The highest BCUT2D eigenvalue weighted by Crippen LogP contribution is 2.62. The molecule has 2 heteroatoms. The summed E-state index contributed by atoms with van der Waals surface area (Å²) in [7, 11) is 0. The molecule has 1 heterocycles. The van der Waals surface area contributed by atoms with Gasteiger partial charge in [-0.25, -0.2) is 0 Å². The van der Waals surface area contributed by atoms with E-state index in [1.54, 1.807) is 0 Å². The second-order valence-electron chi connectivity index (χ2n) is 13.7. The van der Waals surface area contributed by atoms with Crippen LogP contribution in [0.2, 0.25) is 0 Å². The average molecular weight is 616 g/mol. The molecule has 0 amide bonds. The van der Waals surface area contributed by atoms with Gasteiger partial charge in [-0.3, -0.25) is 0 Å². The molecule has 0 atom stereocenters. The molecule has 0 saturated carbocycles. The van der Waals surface area contributed by atoms with Crippen molar-refractivity contribution >= 4 is 39.0 Å². The van der Waals surface area contributed by atoms with Gasteiger partial charge in [0.15, 0.2) is 5.58 Å². The number of furan rings is 1. The number of anilines is 3. The van der Waals surface area contributed by atoms with Crippen LogP contribution in [0.15, 0.2) is 168 Å².